The number of rotatable bonds is 7. The average molecular weight is 755 g/mol. The number of ether oxygens (including phenoxy) is 1. The summed E-state index contributed by atoms with van der Waals surface area (Å²) in [6.45, 7) is 14.5. The summed E-state index contributed by atoms with van der Waals surface area (Å²) in [7, 11) is 0. The van der Waals surface area contributed by atoms with Crippen molar-refractivity contribution in [2.75, 3.05) is 0 Å². The van der Waals surface area contributed by atoms with E-state index in [-0.39, 0.29) is 29.5 Å². The van der Waals surface area contributed by atoms with Crippen LogP contribution in [0.2, 0.25) is 0 Å². The van der Waals surface area contributed by atoms with E-state index in [1.807, 2.05) is 60.4 Å². The molecule has 3 aliphatic carbocycles. The van der Waals surface area contributed by atoms with Gasteiger partial charge < -0.3 is 15.0 Å². The normalized spacial score (nSPS) is 22.9. The average Bonchev–Trinajstić information content (AvgIpc) is 3.20. The Morgan fingerprint density at radius 3 is 2.16 bits per heavy atom. The second-order valence-corrected chi connectivity index (χ2v) is 17.4. The Kier molecular flexibility index (Phi) is 12.3. The molecule has 1 aromatic heterocycles. The minimum absolute atomic E-state index is 0.00421. The van der Waals surface area contributed by atoms with Gasteiger partial charge in [0, 0.05) is 41.3 Å². The van der Waals surface area contributed by atoms with Crippen molar-refractivity contribution in [3.63, 3.8) is 0 Å². The summed E-state index contributed by atoms with van der Waals surface area (Å²) in [6, 6.07) is 18.2. The maximum Gasteiger partial charge on any atom is 0.247 e. The highest BCUT2D eigenvalue weighted by atomic mass is 16.5. The maximum atomic E-state index is 13.3. The van der Waals surface area contributed by atoms with Gasteiger partial charge in [-0.25, -0.2) is 9.97 Å². The first kappa shape index (κ1) is 39.7. The van der Waals surface area contributed by atoms with Gasteiger partial charge in [-0.15, -0.1) is 0 Å². The van der Waals surface area contributed by atoms with Crippen LogP contribution in [0.15, 0.2) is 67.3 Å². The maximum absolute atomic E-state index is 13.3. The summed E-state index contributed by atoms with van der Waals surface area (Å²) in [5.74, 6) is 2.66. The van der Waals surface area contributed by atoms with Crippen molar-refractivity contribution in [2.24, 2.45) is 11.8 Å². The molecule has 3 unspecified atom stereocenters. The molecule has 2 amide bonds. The molecule has 4 atom stereocenters. The lowest BCUT2D eigenvalue weighted by Crippen LogP contribution is -2.50. The Labute approximate surface area is 334 Å². The summed E-state index contributed by atoms with van der Waals surface area (Å²) in [5.41, 5.74) is 5.67. The van der Waals surface area contributed by atoms with Gasteiger partial charge in [-0.2, -0.15) is 0 Å². The molecule has 0 saturated heterocycles. The van der Waals surface area contributed by atoms with E-state index < -0.39 is 6.04 Å². The smallest absolute Gasteiger partial charge is 0.247 e. The van der Waals surface area contributed by atoms with E-state index in [0.717, 1.165) is 83.0 Å². The number of nitrogens with one attached hydrogen (secondary N) is 1. The number of allylic oxidation sites excluding steroid dienone is 1. The van der Waals surface area contributed by atoms with Crippen LogP contribution in [0.1, 0.15) is 153 Å². The van der Waals surface area contributed by atoms with Crippen molar-refractivity contribution in [1.29, 1.82) is 0 Å². The number of nitrogens with zero attached hydrogens (tertiary/aromatic N) is 3. The van der Waals surface area contributed by atoms with Gasteiger partial charge in [-0.3, -0.25) is 9.59 Å². The topological polar surface area (TPSA) is 84.4 Å². The predicted octanol–water partition coefficient (Wildman–Crippen LogP) is 11.5. The molecule has 7 nitrogen and oxygen atoms in total. The summed E-state index contributed by atoms with van der Waals surface area (Å²) >= 11 is 0. The largest absolute Gasteiger partial charge is 0.487 e. The molecule has 1 N–H and O–H groups in total. The molecule has 8 rings (SSSR count). The molecule has 296 valence electrons. The molecule has 3 aromatic carbocycles. The molecule has 0 bridgehead atoms. The number of hydrogen-bond donors (Lipinski definition) is 1. The van der Waals surface area contributed by atoms with Crippen LogP contribution < -0.4 is 10.1 Å². The number of hydrogen-bond acceptors (Lipinski definition) is 5. The molecular weight excluding hydrogens is 693 g/mol. The van der Waals surface area contributed by atoms with Gasteiger partial charge in [0.15, 0.2) is 0 Å². The number of carbonyl (C=O) groups is 2. The summed E-state index contributed by atoms with van der Waals surface area (Å²) in [6.07, 6.45) is 20.7. The molecular formula is C49H62N4O3. The molecule has 2 heterocycles. The minimum atomic E-state index is -0.515. The van der Waals surface area contributed by atoms with Crippen LogP contribution >= 0.6 is 0 Å². The van der Waals surface area contributed by atoms with E-state index in [4.69, 9.17) is 14.7 Å². The number of fused-ring (bicyclic) bond motifs is 8. The molecule has 7 heteroatoms. The Balaban J connectivity index is 0.000000174. The van der Waals surface area contributed by atoms with Crippen molar-refractivity contribution in [3.8, 4) is 5.75 Å². The molecule has 56 heavy (non-hydrogen) atoms. The Morgan fingerprint density at radius 2 is 1.50 bits per heavy atom. The van der Waals surface area contributed by atoms with Crippen LogP contribution in [-0.4, -0.2) is 44.4 Å². The van der Waals surface area contributed by atoms with E-state index >= 15 is 0 Å². The van der Waals surface area contributed by atoms with Crippen LogP contribution in [0.5, 0.6) is 5.75 Å². The van der Waals surface area contributed by atoms with Crippen LogP contribution in [0.4, 0.5) is 0 Å². The Hall–Kier alpha value is -4.52. The highest BCUT2D eigenvalue weighted by Gasteiger charge is 2.47. The standard InChI is InChI=1S/C27H30N2O.C22H32N2O2/c1-6-10-22-21(7-2)28-25-23-19-15-16(3)13-14-20(19)27(4,5)30-26(23)18-12-9-8-11-17(18)24(25)29-22;1-17(25)24(20-15-9-4-10-16-20)21(18-11-5-2-6-12-18)22(26)23-19-13-7-3-8-14-19/h6-12,16,19-20H,2,13-15H2,1,3-5H3;2,5-6,11-12,19-21H,3-4,7-10,13-16H2,1H3,(H,23,26)/b10-6-;/t16?,19-,20?;/m0./s1. The molecule has 0 spiro atoms. The van der Waals surface area contributed by atoms with Crippen molar-refractivity contribution >= 4 is 45.8 Å². The molecule has 0 radical (unpaired) electrons. The summed E-state index contributed by atoms with van der Waals surface area (Å²) in [5, 5.41) is 5.52. The zero-order valence-electron chi connectivity index (χ0n) is 34.4. The van der Waals surface area contributed by atoms with Gasteiger partial charge in [0.1, 0.15) is 17.4 Å². The molecule has 3 saturated carbocycles. The van der Waals surface area contributed by atoms with E-state index in [2.05, 4.69) is 56.9 Å². The predicted molar refractivity (Wildman–Crippen MR) is 229 cm³/mol. The van der Waals surface area contributed by atoms with E-state index in [1.165, 1.54) is 50.5 Å². The van der Waals surface area contributed by atoms with Crippen LogP contribution in [0.3, 0.4) is 0 Å². The summed E-state index contributed by atoms with van der Waals surface area (Å²) < 4.78 is 6.79. The quantitative estimate of drug-likeness (QED) is 0.190. The van der Waals surface area contributed by atoms with Crippen LogP contribution in [0, 0.1) is 11.8 Å². The van der Waals surface area contributed by atoms with Gasteiger partial charge in [0.05, 0.1) is 22.4 Å². The fourth-order valence-corrected chi connectivity index (χ4v) is 10.3. The second-order valence-electron chi connectivity index (χ2n) is 17.4. The lowest BCUT2D eigenvalue weighted by atomic mass is 9.64. The van der Waals surface area contributed by atoms with Crippen LogP contribution in [0.25, 0.3) is 34.0 Å². The summed E-state index contributed by atoms with van der Waals surface area (Å²) in [4.78, 5) is 38.0. The highest BCUT2D eigenvalue weighted by Crippen LogP contribution is 2.56. The monoisotopic (exact) mass is 754 g/mol. The van der Waals surface area contributed by atoms with Gasteiger partial charge >= 0.3 is 0 Å². The lowest BCUT2D eigenvalue weighted by Gasteiger charge is -2.49. The van der Waals surface area contributed by atoms with E-state index in [9.17, 15) is 9.59 Å². The first-order valence-electron chi connectivity index (χ1n) is 21.5. The number of benzene rings is 3. The number of amides is 2. The van der Waals surface area contributed by atoms with Gasteiger partial charge in [0.25, 0.3) is 0 Å². The van der Waals surface area contributed by atoms with Crippen molar-refractivity contribution < 1.29 is 14.3 Å². The van der Waals surface area contributed by atoms with Crippen molar-refractivity contribution in [2.45, 2.75) is 148 Å². The molecule has 3 fully saturated rings. The Bertz CT molecular complexity index is 2060. The van der Waals surface area contributed by atoms with Crippen molar-refractivity contribution in [1.82, 2.24) is 20.2 Å². The molecule has 4 aromatic rings. The first-order chi connectivity index (χ1) is 27.1. The minimum Gasteiger partial charge on any atom is -0.487 e. The second kappa shape index (κ2) is 17.3. The Morgan fingerprint density at radius 1 is 0.857 bits per heavy atom. The molecule has 1 aliphatic heterocycles. The highest BCUT2D eigenvalue weighted by molar-refractivity contribution is 6.10. The van der Waals surface area contributed by atoms with E-state index in [1.54, 1.807) is 6.92 Å². The fraction of sp³-hybridized carbons (Fsp3) is 0.510. The fourth-order valence-electron chi connectivity index (χ4n) is 10.3. The lowest BCUT2D eigenvalue weighted by molar-refractivity contribution is -0.143. The third kappa shape index (κ3) is 8.15. The number of aromatic nitrogens is 2. The first-order valence-corrected chi connectivity index (χ1v) is 21.5. The zero-order valence-corrected chi connectivity index (χ0v) is 34.4. The van der Waals surface area contributed by atoms with E-state index in [0.29, 0.717) is 17.8 Å². The third-order valence-corrected chi connectivity index (χ3v) is 13.1. The van der Waals surface area contributed by atoms with Gasteiger partial charge in [0.2, 0.25) is 11.8 Å². The zero-order chi connectivity index (χ0) is 39.4. The SMILES string of the molecule is C=Cc1nc2c3c(c4ccccc4c2nc1/C=C\C)OC(C)(C)C1CCC(C)C[C@H]31.CC(=O)N(C1CCCCC1)C(C(=O)NC1CCCCC1)c1ccccc1. The van der Waals surface area contributed by atoms with Crippen LogP contribution in [-0.2, 0) is 9.59 Å². The third-order valence-electron chi connectivity index (χ3n) is 13.1. The number of carbonyl (C=O) groups excluding carboxylic acids is 2. The van der Waals surface area contributed by atoms with Gasteiger partial charge in [-0.05, 0) is 88.8 Å². The van der Waals surface area contributed by atoms with Gasteiger partial charge in [-0.1, -0.05) is 119 Å². The molecule has 4 aliphatic rings. The van der Waals surface area contributed by atoms with Crippen molar-refractivity contribution in [3.05, 3.63) is 89.8 Å².